The summed E-state index contributed by atoms with van der Waals surface area (Å²) in [7, 11) is 0. The van der Waals surface area contributed by atoms with Gasteiger partial charge in [-0.3, -0.25) is 4.79 Å². The molecule has 0 spiro atoms. The minimum atomic E-state index is -0.137. The van der Waals surface area contributed by atoms with Crippen molar-refractivity contribution in [1.82, 2.24) is 4.98 Å². The summed E-state index contributed by atoms with van der Waals surface area (Å²) < 4.78 is 4.94. The first kappa shape index (κ1) is 15.3. The molecular formula is C15H24N2O2S. The van der Waals surface area contributed by atoms with Crippen LogP contribution in [0.25, 0.3) is 0 Å². The zero-order valence-electron chi connectivity index (χ0n) is 12.6. The maximum absolute atomic E-state index is 11.3. The van der Waals surface area contributed by atoms with Crippen LogP contribution in [-0.2, 0) is 16.0 Å². The van der Waals surface area contributed by atoms with E-state index in [0.29, 0.717) is 19.4 Å². The van der Waals surface area contributed by atoms with Crippen LogP contribution >= 0.6 is 11.3 Å². The predicted molar refractivity (Wildman–Crippen MR) is 82.2 cm³/mol. The molecule has 1 aromatic rings. The summed E-state index contributed by atoms with van der Waals surface area (Å²) in [5.41, 5.74) is 1.00. The molecule has 2 heterocycles. The molecule has 0 amide bonds. The normalized spacial score (nSPS) is 22.9. The summed E-state index contributed by atoms with van der Waals surface area (Å²) in [6.45, 7) is 9.10. The molecule has 1 saturated heterocycles. The fourth-order valence-corrected chi connectivity index (χ4v) is 3.35. The van der Waals surface area contributed by atoms with E-state index in [2.05, 4.69) is 29.1 Å². The lowest BCUT2D eigenvalue weighted by molar-refractivity contribution is -0.143. The van der Waals surface area contributed by atoms with Crippen molar-refractivity contribution in [2.24, 2.45) is 11.8 Å². The van der Waals surface area contributed by atoms with Gasteiger partial charge in [-0.25, -0.2) is 4.98 Å². The molecule has 2 rings (SSSR count). The quantitative estimate of drug-likeness (QED) is 0.783. The molecule has 0 aromatic carbocycles. The Morgan fingerprint density at radius 3 is 3.00 bits per heavy atom. The third-order valence-electron chi connectivity index (χ3n) is 4.03. The minimum Gasteiger partial charge on any atom is -0.466 e. The van der Waals surface area contributed by atoms with Gasteiger partial charge in [0.25, 0.3) is 0 Å². The maximum Gasteiger partial charge on any atom is 0.306 e. The van der Waals surface area contributed by atoms with Crippen molar-refractivity contribution in [1.29, 1.82) is 0 Å². The average molecular weight is 296 g/mol. The summed E-state index contributed by atoms with van der Waals surface area (Å²) in [5.74, 6) is 1.38. The zero-order chi connectivity index (χ0) is 14.5. The Kier molecular flexibility index (Phi) is 5.40. The number of nitrogens with zero attached hydrogens (tertiary/aromatic N) is 2. The zero-order valence-corrected chi connectivity index (χ0v) is 13.4. The van der Waals surface area contributed by atoms with E-state index >= 15 is 0 Å². The molecule has 0 N–H and O–H groups in total. The number of piperidine rings is 1. The van der Waals surface area contributed by atoms with Crippen molar-refractivity contribution < 1.29 is 9.53 Å². The van der Waals surface area contributed by atoms with Crippen LogP contribution in [0.15, 0.2) is 5.38 Å². The van der Waals surface area contributed by atoms with E-state index in [1.165, 1.54) is 6.42 Å². The van der Waals surface area contributed by atoms with Gasteiger partial charge in [0.15, 0.2) is 5.13 Å². The van der Waals surface area contributed by atoms with Crippen molar-refractivity contribution in [3.8, 4) is 0 Å². The van der Waals surface area contributed by atoms with Crippen LogP contribution in [-0.4, -0.2) is 30.6 Å². The van der Waals surface area contributed by atoms with E-state index in [0.717, 1.165) is 35.8 Å². The highest BCUT2D eigenvalue weighted by atomic mass is 32.1. The van der Waals surface area contributed by atoms with Gasteiger partial charge in [-0.15, -0.1) is 11.3 Å². The number of ether oxygens (including phenoxy) is 1. The number of aryl methyl sites for hydroxylation is 1. The van der Waals surface area contributed by atoms with Gasteiger partial charge < -0.3 is 9.64 Å². The fraction of sp³-hybridized carbons (Fsp3) is 0.733. The number of anilines is 1. The van der Waals surface area contributed by atoms with Crippen LogP contribution in [0.1, 0.15) is 39.3 Å². The van der Waals surface area contributed by atoms with Crippen molar-refractivity contribution >= 4 is 22.4 Å². The first-order chi connectivity index (χ1) is 9.60. The number of hydrogen-bond donors (Lipinski definition) is 0. The predicted octanol–water partition coefficient (Wildman–Crippen LogP) is 3.12. The molecular weight excluding hydrogens is 272 g/mol. The number of rotatable bonds is 5. The molecule has 2 unspecified atom stereocenters. The SMILES string of the molecule is CCOC(=O)CCc1csc(N2CCC(C)C(C)C2)n1. The maximum atomic E-state index is 11.3. The molecule has 20 heavy (non-hydrogen) atoms. The largest absolute Gasteiger partial charge is 0.466 e. The lowest BCUT2D eigenvalue weighted by Crippen LogP contribution is -2.38. The molecule has 112 valence electrons. The van der Waals surface area contributed by atoms with Crippen LogP contribution in [0.5, 0.6) is 0 Å². The summed E-state index contributed by atoms with van der Waals surface area (Å²) in [5, 5.41) is 3.17. The van der Waals surface area contributed by atoms with E-state index in [9.17, 15) is 4.79 Å². The first-order valence-electron chi connectivity index (χ1n) is 7.45. The van der Waals surface area contributed by atoms with Gasteiger partial charge >= 0.3 is 5.97 Å². The fourth-order valence-electron chi connectivity index (χ4n) is 2.46. The topological polar surface area (TPSA) is 42.4 Å². The second-order valence-electron chi connectivity index (χ2n) is 5.62. The summed E-state index contributed by atoms with van der Waals surface area (Å²) >= 11 is 1.69. The minimum absolute atomic E-state index is 0.137. The van der Waals surface area contributed by atoms with Gasteiger partial charge in [-0.1, -0.05) is 13.8 Å². The molecule has 1 aromatic heterocycles. The van der Waals surface area contributed by atoms with E-state index < -0.39 is 0 Å². The Balaban J connectivity index is 1.87. The van der Waals surface area contributed by atoms with Crippen molar-refractivity contribution in [3.05, 3.63) is 11.1 Å². The number of carbonyl (C=O) groups excluding carboxylic acids is 1. The Morgan fingerprint density at radius 2 is 2.30 bits per heavy atom. The molecule has 0 radical (unpaired) electrons. The second kappa shape index (κ2) is 7.07. The van der Waals surface area contributed by atoms with Gasteiger partial charge in [0.2, 0.25) is 0 Å². The number of thiazole rings is 1. The Labute approximate surface area is 125 Å². The van der Waals surface area contributed by atoms with E-state index in [1.54, 1.807) is 11.3 Å². The summed E-state index contributed by atoms with van der Waals surface area (Å²) in [6.07, 6.45) is 2.33. The highest BCUT2D eigenvalue weighted by Gasteiger charge is 2.24. The average Bonchev–Trinajstić information content (AvgIpc) is 2.89. The van der Waals surface area contributed by atoms with Crippen LogP contribution in [0.3, 0.4) is 0 Å². The Morgan fingerprint density at radius 1 is 1.50 bits per heavy atom. The van der Waals surface area contributed by atoms with E-state index in [1.807, 2.05) is 6.92 Å². The Bertz CT molecular complexity index is 447. The molecule has 0 bridgehead atoms. The number of esters is 1. The van der Waals surface area contributed by atoms with E-state index in [-0.39, 0.29) is 5.97 Å². The third kappa shape index (κ3) is 3.95. The highest BCUT2D eigenvalue weighted by Crippen LogP contribution is 2.29. The first-order valence-corrected chi connectivity index (χ1v) is 8.33. The molecule has 5 heteroatoms. The molecule has 2 atom stereocenters. The van der Waals surface area contributed by atoms with E-state index in [4.69, 9.17) is 4.74 Å². The molecule has 4 nitrogen and oxygen atoms in total. The highest BCUT2D eigenvalue weighted by molar-refractivity contribution is 7.13. The molecule has 1 aliphatic rings. The van der Waals surface area contributed by atoms with Crippen molar-refractivity contribution in [2.75, 3.05) is 24.6 Å². The molecule has 0 aliphatic carbocycles. The van der Waals surface area contributed by atoms with Gasteiger partial charge in [-0.05, 0) is 25.2 Å². The monoisotopic (exact) mass is 296 g/mol. The van der Waals surface area contributed by atoms with Crippen LogP contribution in [0, 0.1) is 11.8 Å². The summed E-state index contributed by atoms with van der Waals surface area (Å²) in [6, 6.07) is 0. The number of carbonyl (C=O) groups is 1. The lowest BCUT2D eigenvalue weighted by Gasteiger charge is -2.35. The molecule has 0 saturated carbocycles. The van der Waals surface area contributed by atoms with Gasteiger partial charge in [0.05, 0.1) is 18.7 Å². The van der Waals surface area contributed by atoms with Crippen LogP contribution in [0.4, 0.5) is 5.13 Å². The Hall–Kier alpha value is -1.10. The third-order valence-corrected chi connectivity index (χ3v) is 4.99. The smallest absolute Gasteiger partial charge is 0.306 e. The summed E-state index contributed by atoms with van der Waals surface area (Å²) in [4.78, 5) is 18.4. The molecule has 1 fully saturated rings. The van der Waals surface area contributed by atoms with Gasteiger partial charge in [-0.2, -0.15) is 0 Å². The van der Waals surface area contributed by atoms with Crippen LogP contribution < -0.4 is 4.90 Å². The molecule has 1 aliphatic heterocycles. The van der Waals surface area contributed by atoms with Crippen molar-refractivity contribution in [2.45, 2.75) is 40.0 Å². The number of hydrogen-bond acceptors (Lipinski definition) is 5. The standard InChI is InChI=1S/C15H24N2O2S/c1-4-19-14(18)6-5-13-10-20-15(16-13)17-8-7-11(2)12(3)9-17/h10-12H,4-9H2,1-3H3. The second-order valence-corrected chi connectivity index (χ2v) is 6.45. The lowest BCUT2D eigenvalue weighted by atomic mass is 9.89. The van der Waals surface area contributed by atoms with Crippen LogP contribution in [0.2, 0.25) is 0 Å². The van der Waals surface area contributed by atoms with Crippen molar-refractivity contribution in [3.63, 3.8) is 0 Å². The number of aromatic nitrogens is 1. The van der Waals surface area contributed by atoms with Gasteiger partial charge in [0.1, 0.15) is 0 Å². The van der Waals surface area contributed by atoms with Gasteiger partial charge in [0, 0.05) is 24.9 Å².